The molecular weight excluding hydrogens is 388 g/mol. The zero-order chi connectivity index (χ0) is 19.6. The van der Waals surface area contributed by atoms with E-state index in [1.165, 1.54) is 12.8 Å². The second kappa shape index (κ2) is 8.69. The highest BCUT2D eigenvalue weighted by atomic mass is 35.5. The molecule has 1 aliphatic heterocycles. The predicted molar refractivity (Wildman–Crippen MR) is 108 cm³/mol. The summed E-state index contributed by atoms with van der Waals surface area (Å²) in [6, 6.07) is -0.0693. The summed E-state index contributed by atoms with van der Waals surface area (Å²) in [4.78, 5) is 8.85. The Kier molecular flexibility index (Phi) is 6.74. The first-order valence-corrected chi connectivity index (χ1v) is 10.9. The van der Waals surface area contributed by atoms with Gasteiger partial charge < -0.3 is 25.6 Å². The predicted octanol–water partition coefficient (Wildman–Crippen LogP) is 3.31. The van der Waals surface area contributed by atoms with Crippen LogP contribution in [0.4, 0.5) is 11.5 Å². The number of aliphatic hydroxyl groups excluding tert-OH is 1. The minimum atomic E-state index is -0.668. The van der Waals surface area contributed by atoms with Crippen molar-refractivity contribution in [2.24, 2.45) is 5.92 Å². The van der Waals surface area contributed by atoms with Crippen molar-refractivity contribution in [1.82, 2.24) is 9.97 Å². The molecule has 9 heteroatoms. The van der Waals surface area contributed by atoms with Crippen LogP contribution in [0.25, 0.3) is 0 Å². The number of hydrogen-bond donors (Lipinski definition) is 3. The van der Waals surface area contributed by atoms with E-state index in [-0.39, 0.29) is 35.9 Å². The maximum atomic E-state index is 9.71. The lowest BCUT2D eigenvalue weighted by molar-refractivity contribution is -0.158. The Hall–Kier alpha value is -0.800. The summed E-state index contributed by atoms with van der Waals surface area (Å²) in [7, 11) is 0. The van der Waals surface area contributed by atoms with E-state index < -0.39 is 5.79 Å². The molecule has 0 amide bonds. The average Bonchev–Trinajstić information content (AvgIpc) is 3.09. The molecule has 0 spiro atoms. The molecule has 2 heterocycles. The minimum absolute atomic E-state index is 0.00991. The van der Waals surface area contributed by atoms with E-state index in [1.807, 2.05) is 13.8 Å². The zero-order valence-electron chi connectivity index (χ0n) is 16.1. The van der Waals surface area contributed by atoms with Crippen LogP contribution >= 0.6 is 23.4 Å². The van der Waals surface area contributed by atoms with Gasteiger partial charge in [0.15, 0.2) is 21.9 Å². The summed E-state index contributed by atoms with van der Waals surface area (Å²) in [5, 5.41) is 14.0. The summed E-state index contributed by atoms with van der Waals surface area (Å²) in [6.45, 7) is 6.00. The smallest absolute Gasteiger partial charge is 0.191 e. The van der Waals surface area contributed by atoms with Crippen LogP contribution in [-0.2, 0) is 9.47 Å². The van der Waals surface area contributed by atoms with Crippen molar-refractivity contribution in [3.63, 3.8) is 0 Å². The van der Waals surface area contributed by atoms with Gasteiger partial charge >= 0.3 is 0 Å². The monoisotopic (exact) mass is 416 g/mol. The van der Waals surface area contributed by atoms with Crippen LogP contribution in [0.15, 0.2) is 5.16 Å². The highest BCUT2D eigenvalue weighted by Crippen LogP contribution is 2.43. The van der Waals surface area contributed by atoms with Crippen LogP contribution in [0, 0.1) is 5.92 Å². The molecular formula is C18H29ClN4O3S. The fourth-order valence-electron chi connectivity index (χ4n) is 3.70. The summed E-state index contributed by atoms with van der Waals surface area (Å²) in [5.74, 6) is 0.803. The SMILES string of the molecule is CCCCCSc1nc(Cl)c(N)c(NC2CC(CO)C3OC(C)(C)OC23)n1. The second-order valence-electron chi connectivity index (χ2n) is 7.61. The van der Waals surface area contributed by atoms with Gasteiger partial charge in [0.25, 0.3) is 0 Å². The Bertz CT molecular complexity index is 664. The standard InChI is InChI=1S/C18H29ClN4O3S/c1-4-5-6-7-27-17-22-15(19)12(20)16(23-17)21-11-8-10(9-24)13-14(11)26-18(2,3)25-13/h10-11,13-14,24H,4-9,20H2,1-3H3,(H,21,22,23). The lowest BCUT2D eigenvalue weighted by Crippen LogP contribution is -2.35. The largest absolute Gasteiger partial charge is 0.396 e. The van der Waals surface area contributed by atoms with E-state index >= 15 is 0 Å². The van der Waals surface area contributed by atoms with Crippen LogP contribution < -0.4 is 11.1 Å². The molecule has 1 saturated carbocycles. The van der Waals surface area contributed by atoms with Crippen molar-refractivity contribution in [3.05, 3.63) is 5.15 Å². The second-order valence-corrected chi connectivity index (χ2v) is 9.03. The van der Waals surface area contributed by atoms with E-state index in [2.05, 4.69) is 22.2 Å². The Morgan fingerprint density at radius 2 is 2.04 bits per heavy atom. The van der Waals surface area contributed by atoms with Crippen molar-refractivity contribution >= 4 is 34.9 Å². The Morgan fingerprint density at radius 1 is 1.30 bits per heavy atom. The van der Waals surface area contributed by atoms with Gasteiger partial charge in [0.1, 0.15) is 11.8 Å². The molecule has 2 aliphatic rings. The number of anilines is 2. The van der Waals surface area contributed by atoms with Gasteiger partial charge in [0, 0.05) is 18.3 Å². The van der Waals surface area contributed by atoms with E-state index in [4.69, 9.17) is 26.8 Å². The Labute approximate surface area is 169 Å². The molecule has 4 N–H and O–H groups in total. The third kappa shape index (κ3) is 4.79. The number of rotatable bonds is 8. The van der Waals surface area contributed by atoms with Gasteiger partial charge in [-0.25, -0.2) is 9.97 Å². The van der Waals surface area contributed by atoms with Crippen LogP contribution in [0.3, 0.4) is 0 Å². The van der Waals surface area contributed by atoms with Gasteiger partial charge in [-0.05, 0) is 26.7 Å². The number of thioether (sulfide) groups is 1. The van der Waals surface area contributed by atoms with Gasteiger partial charge in [-0.3, -0.25) is 0 Å². The quantitative estimate of drug-likeness (QED) is 0.257. The maximum Gasteiger partial charge on any atom is 0.191 e. The summed E-state index contributed by atoms with van der Waals surface area (Å²) < 4.78 is 12.0. The number of halogens is 1. The number of aliphatic hydroxyl groups is 1. The van der Waals surface area contributed by atoms with Crippen molar-refractivity contribution in [3.8, 4) is 0 Å². The number of aromatic nitrogens is 2. The molecule has 2 fully saturated rings. The van der Waals surface area contributed by atoms with Crippen molar-refractivity contribution < 1.29 is 14.6 Å². The van der Waals surface area contributed by atoms with Crippen molar-refractivity contribution in [1.29, 1.82) is 0 Å². The number of nitrogens with two attached hydrogens (primary N) is 1. The first kappa shape index (κ1) is 20.9. The Morgan fingerprint density at radius 3 is 2.74 bits per heavy atom. The zero-order valence-corrected chi connectivity index (χ0v) is 17.6. The van der Waals surface area contributed by atoms with Gasteiger partial charge in [-0.2, -0.15) is 0 Å². The molecule has 0 radical (unpaired) electrons. The number of unbranched alkanes of at least 4 members (excludes halogenated alkanes) is 2. The first-order chi connectivity index (χ1) is 12.8. The Balaban J connectivity index is 1.73. The molecule has 0 bridgehead atoms. The molecule has 1 aromatic rings. The van der Waals surface area contributed by atoms with Crippen molar-refractivity contribution in [2.45, 2.75) is 75.6 Å². The maximum absolute atomic E-state index is 9.71. The highest BCUT2D eigenvalue weighted by Gasteiger charge is 2.53. The molecule has 1 saturated heterocycles. The molecule has 27 heavy (non-hydrogen) atoms. The third-order valence-electron chi connectivity index (χ3n) is 5.00. The summed E-state index contributed by atoms with van der Waals surface area (Å²) >= 11 is 7.81. The van der Waals surface area contributed by atoms with Crippen molar-refractivity contribution in [2.75, 3.05) is 23.4 Å². The molecule has 4 unspecified atom stereocenters. The lowest BCUT2D eigenvalue weighted by atomic mass is 10.1. The highest BCUT2D eigenvalue weighted by molar-refractivity contribution is 7.99. The van der Waals surface area contributed by atoms with Gasteiger partial charge in [0.05, 0.1) is 12.1 Å². The lowest BCUT2D eigenvalue weighted by Gasteiger charge is -2.24. The summed E-state index contributed by atoms with van der Waals surface area (Å²) in [5.41, 5.74) is 6.44. The fourth-order valence-corrected chi connectivity index (χ4v) is 4.76. The number of nitrogen functional groups attached to an aromatic ring is 1. The van der Waals surface area contributed by atoms with Gasteiger partial charge in [-0.1, -0.05) is 43.1 Å². The first-order valence-electron chi connectivity index (χ1n) is 9.53. The minimum Gasteiger partial charge on any atom is -0.396 e. The molecule has 1 aliphatic carbocycles. The fraction of sp³-hybridized carbons (Fsp3) is 0.778. The topological polar surface area (TPSA) is 103 Å². The van der Waals surface area contributed by atoms with Gasteiger partial charge in [-0.15, -0.1) is 0 Å². The van der Waals surface area contributed by atoms with E-state index in [0.717, 1.165) is 12.2 Å². The number of nitrogens with one attached hydrogen (secondary N) is 1. The number of hydrogen-bond acceptors (Lipinski definition) is 8. The third-order valence-corrected chi connectivity index (χ3v) is 6.22. The van der Waals surface area contributed by atoms with Crippen LogP contribution in [0.2, 0.25) is 5.15 Å². The molecule has 152 valence electrons. The average molecular weight is 417 g/mol. The molecule has 1 aromatic heterocycles. The number of ether oxygens (including phenoxy) is 2. The number of nitrogens with zero attached hydrogens (tertiary/aromatic N) is 2. The van der Waals surface area contributed by atoms with Gasteiger partial charge in [0.2, 0.25) is 0 Å². The normalized spacial score (nSPS) is 29.1. The van der Waals surface area contributed by atoms with Crippen LogP contribution in [0.5, 0.6) is 0 Å². The van der Waals surface area contributed by atoms with E-state index in [9.17, 15) is 5.11 Å². The van der Waals surface area contributed by atoms with E-state index in [0.29, 0.717) is 23.1 Å². The molecule has 7 nitrogen and oxygen atoms in total. The molecule has 4 atom stereocenters. The number of fused-ring (bicyclic) bond motifs is 1. The molecule has 3 rings (SSSR count). The summed E-state index contributed by atoms with van der Waals surface area (Å²) in [6.07, 6.45) is 3.85. The van der Waals surface area contributed by atoms with Crippen LogP contribution in [-0.4, -0.2) is 51.5 Å². The van der Waals surface area contributed by atoms with E-state index in [1.54, 1.807) is 11.8 Å². The van der Waals surface area contributed by atoms with Crippen LogP contribution in [0.1, 0.15) is 46.5 Å². The molecule has 0 aromatic carbocycles.